The van der Waals surface area contributed by atoms with E-state index < -0.39 is 11.9 Å². The van der Waals surface area contributed by atoms with Crippen LogP contribution in [-0.4, -0.2) is 21.0 Å². The third-order valence-corrected chi connectivity index (χ3v) is 4.01. The largest absolute Gasteiger partial charge is 0.392 e. The predicted octanol–water partition coefficient (Wildman–Crippen LogP) is 2.98. The number of hydrogen-bond donors (Lipinski definition) is 1. The van der Waals surface area contributed by atoms with Crippen LogP contribution < -0.4 is 0 Å². The van der Waals surface area contributed by atoms with Crippen molar-refractivity contribution in [1.29, 1.82) is 0 Å². The fraction of sp³-hybridized carbons (Fsp3) is 0.400. The second-order valence-electron chi connectivity index (χ2n) is 5.05. The molecule has 2 aromatic rings. The summed E-state index contributed by atoms with van der Waals surface area (Å²) in [5, 5.41) is 14.6. The number of benzene rings is 1. The van der Waals surface area contributed by atoms with Crippen molar-refractivity contribution in [3.8, 4) is 0 Å². The maximum atomic E-state index is 13.4. The Morgan fingerprint density at radius 3 is 2.65 bits per heavy atom. The van der Waals surface area contributed by atoms with Gasteiger partial charge in [0.25, 0.3) is 0 Å². The lowest BCUT2D eigenvalue weighted by Gasteiger charge is -2.12. The Kier molecular flexibility index (Phi) is 4.45. The lowest BCUT2D eigenvalue weighted by Crippen LogP contribution is -2.15. The molecule has 2 rings (SSSR count). The molecule has 0 fully saturated rings. The fourth-order valence-electron chi connectivity index (χ4n) is 2.38. The van der Waals surface area contributed by atoms with Gasteiger partial charge < -0.3 is 5.11 Å². The van der Waals surface area contributed by atoms with Crippen molar-refractivity contribution in [1.82, 2.24) is 9.78 Å². The van der Waals surface area contributed by atoms with Gasteiger partial charge in [0.15, 0.2) is 0 Å². The van der Waals surface area contributed by atoms with Crippen LogP contribution in [0.3, 0.4) is 0 Å². The van der Waals surface area contributed by atoms with E-state index >= 15 is 0 Å². The quantitative estimate of drug-likeness (QED) is 0.942. The molecule has 0 aliphatic rings. The molecule has 3 nitrogen and oxygen atoms in total. The summed E-state index contributed by atoms with van der Waals surface area (Å²) < 4.78 is 15.2. The predicted molar refractivity (Wildman–Crippen MR) is 77.5 cm³/mol. The van der Waals surface area contributed by atoms with Gasteiger partial charge in [0.2, 0.25) is 0 Å². The standard InChI is InChI=1S/C15H18ClFN2O/c1-9-13(10(2)19(3)18-9)8-12(20)7-11-5-4-6-14(17)15(11)16/h4-6,12,20H,7-8H2,1-3H3. The van der Waals surface area contributed by atoms with E-state index in [0.29, 0.717) is 18.4 Å². The van der Waals surface area contributed by atoms with Crippen LogP contribution in [0.1, 0.15) is 22.5 Å². The van der Waals surface area contributed by atoms with Crippen LogP contribution in [0.4, 0.5) is 4.39 Å². The van der Waals surface area contributed by atoms with E-state index in [1.54, 1.807) is 16.8 Å². The summed E-state index contributed by atoms with van der Waals surface area (Å²) in [6, 6.07) is 4.65. The molecule has 1 atom stereocenters. The first kappa shape index (κ1) is 15.0. The molecule has 20 heavy (non-hydrogen) atoms. The highest BCUT2D eigenvalue weighted by Gasteiger charge is 2.16. The van der Waals surface area contributed by atoms with Crippen molar-refractivity contribution in [2.24, 2.45) is 7.05 Å². The van der Waals surface area contributed by atoms with Gasteiger partial charge >= 0.3 is 0 Å². The van der Waals surface area contributed by atoms with E-state index in [2.05, 4.69) is 5.10 Å². The van der Waals surface area contributed by atoms with E-state index in [-0.39, 0.29) is 5.02 Å². The monoisotopic (exact) mass is 296 g/mol. The average molecular weight is 297 g/mol. The third kappa shape index (κ3) is 3.02. The normalized spacial score (nSPS) is 12.7. The second kappa shape index (κ2) is 5.94. The maximum absolute atomic E-state index is 13.4. The summed E-state index contributed by atoms with van der Waals surface area (Å²) in [6.45, 7) is 3.89. The fourth-order valence-corrected chi connectivity index (χ4v) is 2.58. The van der Waals surface area contributed by atoms with Crippen molar-refractivity contribution in [2.75, 3.05) is 0 Å². The second-order valence-corrected chi connectivity index (χ2v) is 5.43. The molecule has 1 aromatic carbocycles. The van der Waals surface area contributed by atoms with Crippen LogP contribution >= 0.6 is 11.6 Å². The third-order valence-electron chi connectivity index (χ3n) is 3.59. The minimum absolute atomic E-state index is 0.0891. The SMILES string of the molecule is Cc1nn(C)c(C)c1CC(O)Cc1cccc(F)c1Cl. The number of nitrogens with zero attached hydrogens (tertiary/aromatic N) is 2. The summed E-state index contributed by atoms with van der Waals surface area (Å²) in [6.07, 6.45) is 0.193. The van der Waals surface area contributed by atoms with Crippen molar-refractivity contribution >= 4 is 11.6 Å². The summed E-state index contributed by atoms with van der Waals surface area (Å²) >= 11 is 5.90. The number of aryl methyl sites for hydroxylation is 2. The molecule has 0 aliphatic heterocycles. The molecule has 108 valence electrons. The highest BCUT2D eigenvalue weighted by Crippen LogP contribution is 2.22. The number of aliphatic hydroxyl groups excluding tert-OH is 1. The lowest BCUT2D eigenvalue weighted by atomic mass is 10.00. The zero-order valence-electron chi connectivity index (χ0n) is 11.8. The Labute approximate surface area is 123 Å². The molecule has 1 heterocycles. The minimum atomic E-state index is -0.615. The Morgan fingerprint density at radius 2 is 2.05 bits per heavy atom. The average Bonchev–Trinajstić information content (AvgIpc) is 2.62. The number of aromatic nitrogens is 2. The maximum Gasteiger partial charge on any atom is 0.142 e. The van der Waals surface area contributed by atoms with Crippen molar-refractivity contribution in [3.05, 3.63) is 51.6 Å². The summed E-state index contributed by atoms with van der Waals surface area (Å²) in [4.78, 5) is 0. The van der Waals surface area contributed by atoms with E-state index in [4.69, 9.17) is 11.6 Å². The first-order chi connectivity index (χ1) is 9.40. The van der Waals surface area contributed by atoms with Crippen LogP contribution in [0, 0.1) is 19.7 Å². The van der Waals surface area contributed by atoms with Gasteiger partial charge in [-0.15, -0.1) is 0 Å². The van der Waals surface area contributed by atoms with E-state index in [9.17, 15) is 9.50 Å². The number of rotatable bonds is 4. The molecule has 1 unspecified atom stereocenters. The van der Waals surface area contributed by atoms with Crippen LogP contribution in [0.2, 0.25) is 5.02 Å². The molecule has 1 aromatic heterocycles. The van der Waals surface area contributed by atoms with Crippen molar-refractivity contribution < 1.29 is 9.50 Å². The smallest absolute Gasteiger partial charge is 0.142 e. The Bertz CT molecular complexity index is 625. The number of aliphatic hydroxyl groups is 1. The van der Waals surface area contributed by atoms with Crippen molar-refractivity contribution in [2.45, 2.75) is 32.8 Å². The first-order valence-electron chi connectivity index (χ1n) is 6.50. The first-order valence-corrected chi connectivity index (χ1v) is 6.88. The topological polar surface area (TPSA) is 38.0 Å². The highest BCUT2D eigenvalue weighted by molar-refractivity contribution is 6.31. The van der Waals surface area contributed by atoms with E-state index in [0.717, 1.165) is 17.0 Å². The van der Waals surface area contributed by atoms with Gasteiger partial charge in [-0.1, -0.05) is 23.7 Å². The van der Waals surface area contributed by atoms with Gasteiger partial charge in [-0.2, -0.15) is 5.10 Å². The Balaban J connectivity index is 2.13. The molecule has 0 spiro atoms. The summed E-state index contributed by atoms with van der Waals surface area (Å²) in [5.74, 6) is -0.454. The number of hydrogen-bond acceptors (Lipinski definition) is 2. The molecule has 0 saturated heterocycles. The van der Waals surface area contributed by atoms with Gasteiger partial charge in [0.05, 0.1) is 16.8 Å². The minimum Gasteiger partial charge on any atom is -0.392 e. The Hall–Kier alpha value is -1.39. The zero-order chi connectivity index (χ0) is 14.9. The molecular weight excluding hydrogens is 279 g/mol. The molecule has 1 N–H and O–H groups in total. The van der Waals surface area contributed by atoms with Crippen LogP contribution in [0.5, 0.6) is 0 Å². The molecule has 0 aliphatic carbocycles. The van der Waals surface area contributed by atoms with Crippen LogP contribution in [0.25, 0.3) is 0 Å². The van der Waals surface area contributed by atoms with E-state index in [1.807, 2.05) is 20.9 Å². The highest BCUT2D eigenvalue weighted by atomic mass is 35.5. The van der Waals surface area contributed by atoms with Crippen LogP contribution in [-0.2, 0) is 19.9 Å². The van der Waals surface area contributed by atoms with Gasteiger partial charge in [0, 0.05) is 25.6 Å². The lowest BCUT2D eigenvalue weighted by molar-refractivity contribution is 0.175. The Morgan fingerprint density at radius 1 is 1.35 bits per heavy atom. The summed E-state index contributed by atoms with van der Waals surface area (Å²) in [7, 11) is 1.88. The van der Waals surface area contributed by atoms with Gasteiger partial charge in [-0.05, 0) is 31.0 Å². The molecule has 0 amide bonds. The molecule has 0 bridgehead atoms. The molecule has 0 radical (unpaired) electrons. The summed E-state index contributed by atoms with van der Waals surface area (Å²) in [5.41, 5.74) is 3.60. The molecular formula is C15H18ClFN2O. The number of halogens is 2. The van der Waals surface area contributed by atoms with Gasteiger partial charge in [-0.25, -0.2) is 4.39 Å². The molecule has 0 saturated carbocycles. The van der Waals surface area contributed by atoms with Crippen molar-refractivity contribution in [3.63, 3.8) is 0 Å². The van der Waals surface area contributed by atoms with E-state index in [1.165, 1.54) is 6.07 Å². The van der Waals surface area contributed by atoms with Crippen LogP contribution in [0.15, 0.2) is 18.2 Å². The molecule has 5 heteroatoms. The van der Waals surface area contributed by atoms with Gasteiger partial charge in [-0.3, -0.25) is 4.68 Å². The zero-order valence-corrected chi connectivity index (χ0v) is 12.6. The van der Waals surface area contributed by atoms with Gasteiger partial charge in [0.1, 0.15) is 5.82 Å².